The van der Waals surface area contributed by atoms with Crippen molar-refractivity contribution >= 4 is 35.1 Å². The summed E-state index contributed by atoms with van der Waals surface area (Å²) in [7, 11) is 0. The minimum atomic E-state index is -2.26. The van der Waals surface area contributed by atoms with Crippen molar-refractivity contribution in [3.63, 3.8) is 0 Å². The molecule has 0 saturated heterocycles. The SMILES string of the molecule is CCCCCCCCCCCCCCCCC(C(=O)O)C(Cl)(Cl)C(=O)O. The van der Waals surface area contributed by atoms with Crippen molar-refractivity contribution in [2.75, 3.05) is 0 Å². The summed E-state index contributed by atoms with van der Waals surface area (Å²) in [5.74, 6) is -4.04. The Morgan fingerprint density at radius 2 is 1.08 bits per heavy atom. The molecular weight excluding hydrogens is 375 g/mol. The van der Waals surface area contributed by atoms with Crippen LogP contribution >= 0.6 is 23.2 Å². The van der Waals surface area contributed by atoms with Gasteiger partial charge in [-0.05, 0) is 6.42 Å². The molecular formula is C20H36Cl2O4. The minimum Gasteiger partial charge on any atom is -0.481 e. The van der Waals surface area contributed by atoms with Crippen molar-refractivity contribution in [1.82, 2.24) is 0 Å². The van der Waals surface area contributed by atoms with Crippen LogP contribution in [0.3, 0.4) is 0 Å². The third-order valence-electron chi connectivity index (χ3n) is 4.87. The van der Waals surface area contributed by atoms with Crippen molar-refractivity contribution < 1.29 is 19.8 Å². The van der Waals surface area contributed by atoms with Gasteiger partial charge in [0.25, 0.3) is 0 Å². The molecule has 0 aliphatic rings. The highest BCUT2D eigenvalue weighted by Gasteiger charge is 2.46. The highest BCUT2D eigenvalue weighted by molar-refractivity contribution is 6.58. The molecule has 0 aromatic carbocycles. The predicted molar refractivity (Wildman–Crippen MR) is 108 cm³/mol. The lowest BCUT2D eigenvalue weighted by Gasteiger charge is -2.22. The van der Waals surface area contributed by atoms with Gasteiger partial charge in [-0.15, -0.1) is 0 Å². The zero-order chi connectivity index (χ0) is 19.8. The monoisotopic (exact) mass is 410 g/mol. The standard InChI is InChI=1S/C20H36Cl2O4/c1-2-3-4-5-6-7-8-9-10-11-12-13-14-15-16-17(18(23)24)20(21,22)19(25)26/h17H,2-16H2,1H3,(H,23,24)(H,25,26). The summed E-state index contributed by atoms with van der Waals surface area (Å²) in [6.07, 6.45) is 17.1. The van der Waals surface area contributed by atoms with E-state index in [0.717, 1.165) is 19.3 Å². The normalized spacial score (nSPS) is 12.9. The Balaban J connectivity index is 3.57. The first-order valence-electron chi connectivity index (χ1n) is 10.2. The number of unbranched alkanes of at least 4 members (excludes halogenated alkanes) is 13. The molecule has 0 spiro atoms. The molecule has 26 heavy (non-hydrogen) atoms. The van der Waals surface area contributed by atoms with Gasteiger partial charge in [-0.1, -0.05) is 120 Å². The van der Waals surface area contributed by atoms with Gasteiger partial charge < -0.3 is 10.2 Å². The Morgan fingerprint density at radius 1 is 0.731 bits per heavy atom. The van der Waals surface area contributed by atoms with Crippen LogP contribution in [0, 0.1) is 5.92 Å². The van der Waals surface area contributed by atoms with Gasteiger partial charge in [-0.3, -0.25) is 4.79 Å². The predicted octanol–water partition coefficient (Wildman–Crippen LogP) is 6.82. The van der Waals surface area contributed by atoms with Gasteiger partial charge in [0, 0.05) is 0 Å². The first-order valence-corrected chi connectivity index (χ1v) is 10.9. The van der Waals surface area contributed by atoms with E-state index in [0.29, 0.717) is 6.42 Å². The van der Waals surface area contributed by atoms with Crippen molar-refractivity contribution in [2.24, 2.45) is 5.92 Å². The van der Waals surface area contributed by atoms with E-state index in [1.165, 1.54) is 64.2 Å². The summed E-state index contributed by atoms with van der Waals surface area (Å²) in [4.78, 5) is 22.2. The molecule has 1 unspecified atom stereocenters. The second kappa shape index (κ2) is 15.6. The van der Waals surface area contributed by atoms with E-state index >= 15 is 0 Å². The maximum atomic E-state index is 11.2. The van der Waals surface area contributed by atoms with Crippen LogP contribution in [-0.4, -0.2) is 26.5 Å². The average molecular weight is 411 g/mol. The number of halogens is 2. The van der Waals surface area contributed by atoms with Crippen LogP contribution in [0.4, 0.5) is 0 Å². The third kappa shape index (κ3) is 12.0. The van der Waals surface area contributed by atoms with Gasteiger partial charge >= 0.3 is 11.9 Å². The van der Waals surface area contributed by atoms with E-state index in [4.69, 9.17) is 33.4 Å². The maximum absolute atomic E-state index is 11.2. The highest BCUT2D eigenvalue weighted by Crippen LogP contribution is 2.34. The number of hydrogen-bond donors (Lipinski definition) is 2. The molecule has 0 aliphatic carbocycles. The van der Waals surface area contributed by atoms with Gasteiger partial charge in [0.1, 0.15) is 5.92 Å². The summed E-state index contributed by atoms with van der Waals surface area (Å²) < 4.78 is -2.26. The molecule has 0 heterocycles. The van der Waals surface area contributed by atoms with Gasteiger partial charge in [0.15, 0.2) is 0 Å². The second-order valence-corrected chi connectivity index (χ2v) is 8.59. The van der Waals surface area contributed by atoms with E-state index in [1.54, 1.807) is 0 Å². The lowest BCUT2D eigenvalue weighted by Crippen LogP contribution is -2.39. The number of rotatable bonds is 18. The van der Waals surface area contributed by atoms with E-state index in [9.17, 15) is 9.59 Å². The fourth-order valence-corrected chi connectivity index (χ4v) is 3.56. The van der Waals surface area contributed by atoms with Crippen LogP contribution in [0.2, 0.25) is 0 Å². The van der Waals surface area contributed by atoms with E-state index in [2.05, 4.69) is 6.92 Å². The molecule has 0 rings (SSSR count). The molecule has 2 N–H and O–H groups in total. The molecule has 0 bridgehead atoms. The Bertz CT molecular complexity index is 386. The second-order valence-electron chi connectivity index (χ2n) is 7.20. The quantitative estimate of drug-likeness (QED) is 0.192. The molecule has 0 saturated carbocycles. The zero-order valence-corrected chi connectivity index (χ0v) is 17.7. The number of carboxylic acid groups (broad SMARTS) is 2. The maximum Gasteiger partial charge on any atom is 0.341 e. The Hall–Kier alpha value is -0.480. The molecule has 1 atom stereocenters. The summed E-state index contributed by atoms with van der Waals surface area (Å²) in [5, 5.41) is 18.1. The van der Waals surface area contributed by atoms with Crippen LogP contribution in [0.25, 0.3) is 0 Å². The average Bonchev–Trinajstić information content (AvgIpc) is 2.57. The Kier molecular flexibility index (Phi) is 15.3. The number of hydrogen-bond acceptors (Lipinski definition) is 2. The van der Waals surface area contributed by atoms with Gasteiger partial charge in [0.2, 0.25) is 4.33 Å². The number of aliphatic carboxylic acids is 2. The highest BCUT2D eigenvalue weighted by atomic mass is 35.5. The summed E-state index contributed by atoms with van der Waals surface area (Å²) in [6, 6.07) is 0. The molecule has 0 aromatic heterocycles. The molecule has 0 amide bonds. The van der Waals surface area contributed by atoms with Gasteiger partial charge in [0.05, 0.1) is 0 Å². The number of alkyl halides is 2. The molecule has 0 fully saturated rings. The van der Waals surface area contributed by atoms with Crippen LogP contribution in [-0.2, 0) is 9.59 Å². The summed E-state index contributed by atoms with van der Waals surface area (Å²) >= 11 is 11.4. The molecule has 0 radical (unpaired) electrons. The van der Waals surface area contributed by atoms with Crippen molar-refractivity contribution in [1.29, 1.82) is 0 Å². The Labute approximate surface area is 168 Å². The lowest BCUT2D eigenvalue weighted by atomic mass is 9.96. The third-order valence-corrected chi connectivity index (χ3v) is 5.72. The van der Waals surface area contributed by atoms with E-state index < -0.39 is 22.2 Å². The van der Waals surface area contributed by atoms with Crippen LogP contribution in [0.5, 0.6) is 0 Å². The number of carboxylic acids is 2. The van der Waals surface area contributed by atoms with E-state index in [1.807, 2.05) is 0 Å². The summed E-state index contributed by atoms with van der Waals surface area (Å²) in [5.41, 5.74) is 0. The molecule has 0 aromatic rings. The molecule has 6 heteroatoms. The minimum absolute atomic E-state index is 0.187. The topological polar surface area (TPSA) is 74.6 Å². The van der Waals surface area contributed by atoms with Crippen LogP contribution in [0.15, 0.2) is 0 Å². The fraction of sp³-hybridized carbons (Fsp3) is 0.900. The molecule has 0 aliphatic heterocycles. The molecule has 4 nitrogen and oxygen atoms in total. The van der Waals surface area contributed by atoms with Crippen LogP contribution < -0.4 is 0 Å². The van der Waals surface area contributed by atoms with Crippen LogP contribution in [0.1, 0.15) is 103 Å². The zero-order valence-electron chi connectivity index (χ0n) is 16.2. The summed E-state index contributed by atoms with van der Waals surface area (Å²) in [6.45, 7) is 2.24. The Morgan fingerprint density at radius 3 is 1.38 bits per heavy atom. The fourth-order valence-electron chi connectivity index (χ4n) is 3.15. The first kappa shape index (κ1) is 25.5. The first-order chi connectivity index (χ1) is 12.3. The van der Waals surface area contributed by atoms with Crippen molar-refractivity contribution in [2.45, 2.75) is 108 Å². The van der Waals surface area contributed by atoms with Gasteiger partial charge in [-0.25, -0.2) is 4.79 Å². The molecule has 154 valence electrons. The number of carbonyl (C=O) groups is 2. The van der Waals surface area contributed by atoms with Crippen molar-refractivity contribution in [3.05, 3.63) is 0 Å². The van der Waals surface area contributed by atoms with E-state index in [-0.39, 0.29) is 6.42 Å². The smallest absolute Gasteiger partial charge is 0.341 e. The van der Waals surface area contributed by atoms with Crippen molar-refractivity contribution in [3.8, 4) is 0 Å². The van der Waals surface area contributed by atoms with Gasteiger partial charge in [-0.2, -0.15) is 0 Å². The largest absolute Gasteiger partial charge is 0.481 e. The lowest BCUT2D eigenvalue weighted by molar-refractivity contribution is -0.149.